The Morgan fingerprint density at radius 1 is 1.28 bits per heavy atom. The van der Waals surface area contributed by atoms with E-state index in [2.05, 4.69) is 6.92 Å². The predicted octanol–water partition coefficient (Wildman–Crippen LogP) is 3.01. The minimum atomic E-state index is -0.393. The van der Waals surface area contributed by atoms with Gasteiger partial charge in [-0.2, -0.15) is 0 Å². The van der Waals surface area contributed by atoms with Crippen LogP contribution in [0.4, 0.5) is 5.69 Å². The number of esters is 1. The lowest BCUT2D eigenvalue weighted by Gasteiger charge is -2.11. The fourth-order valence-corrected chi connectivity index (χ4v) is 1.58. The van der Waals surface area contributed by atoms with Gasteiger partial charge in [-0.3, -0.25) is 0 Å². The van der Waals surface area contributed by atoms with Crippen molar-refractivity contribution in [3.8, 4) is 5.75 Å². The van der Waals surface area contributed by atoms with Crippen LogP contribution in [0, 0.1) is 0 Å². The normalized spacial score (nSPS) is 10.1. The largest absolute Gasteiger partial charge is 0.493 e. The molecule has 0 saturated heterocycles. The Morgan fingerprint density at radius 3 is 2.72 bits per heavy atom. The van der Waals surface area contributed by atoms with Crippen LogP contribution in [0.5, 0.6) is 5.75 Å². The third-order valence-electron chi connectivity index (χ3n) is 2.50. The van der Waals surface area contributed by atoms with E-state index in [1.165, 1.54) is 0 Å². The molecule has 1 aromatic rings. The van der Waals surface area contributed by atoms with Crippen LogP contribution in [-0.4, -0.2) is 19.2 Å². The first kappa shape index (κ1) is 14.4. The molecule has 0 amide bonds. The lowest BCUT2D eigenvalue weighted by molar-refractivity contribution is 0.0521. The van der Waals surface area contributed by atoms with Gasteiger partial charge in [0, 0.05) is 5.69 Å². The van der Waals surface area contributed by atoms with Crippen LogP contribution in [0.2, 0.25) is 0 Å². The fourth-order valence-electron chi connectivity index (χ4n) is 1.58. The lowest BCUT2D eigenvalue weighted by Crippen LogP contribution is -2.09. The Bertz CT molecular complexity index is 391. The molecular weight excluding hydrogens is 230 g/mol. The van der Waals surface area contributed by atoms with Gasteiger partial charge in [-0.15, -0.1) is 0 Å². The molecule has 4 nitrogen and oxygen atoms in total. The molecule has 0 aliphatic heterocycles. The Labute approximate surface area is 108 Å². The minimum absolute atomic E-state index is 0.336. The molecule has 0 fully saturated rings. The van der Waals surface area contributed by atoms with Crippen molar-refractivity contribution in [1.82, 2.24) is 0 Å². The second-order valence-corrected chi connectivity index (χ2v) is 4.03. The van der Waals surface area contributed by atoms with Crippen molar-refractivity contribution in [2.75, 3.05) is 18.9 Å². The summed E-state index contributed by atoms with van der Waals surface area (Å²) in [4.78, 5) is 11.7. The van der Waals surface area contributed by atoms with Crippen molar-refractivity contribution >= 4 is 11.7 Å². The van der Waals surface area contributed by atoms with Crippen LogP contribution < -0.4 is 10.5 Å². The SMILES string of the molecule is CCCCCOc1ccc(N)cc1C(=O)OCC. The topological polar surface area (TPSA) is 61.5 Å². The third-order valence-corrected chi connectivity index (χ3v) is 2.50. The number of benzene rings is 1. The van der Waals surface area contributed by atoms with Crippen molar-refractivity contribution in [3.63, 3.8) is 0 Å². The average Bonchev–Trinajstić information content (AvgIpc) is 2.36. The van der Waals surface area contributed by atoms with Gasteiger partial charge in [0.25, 0.3) is 0 Å². The van der Waals surface area contributed by atoms with Crippen LogP contribution in [0.15, 0.2) is 18.2 Å². The number of hydrogen-bond acceptors (Lipinski definition) is 4. The van der Waals surface area contributed by atoms with Crippen molar-refractivity contribution in [2.45, 2.75) is 33.1 Å². The first-order valence-corrected chi connectivity index (χ1v) is 6.38. The van der Waals surface area contributed by atoms with E-state index in [1.807, 2.05) is 0 Å². The van der Waals surface area contributed by atoms with Crippen molar-refractivity contribution in [3.05, 3.63) is 23.8 Å². The Kier molecular flexibility index (Phi) is 6.05. The Morgan fingerprint density at radius 2 is 2.06 bits per heavy atom. The molecule has 1 aromatic carbocycles. The highest BCUT2D eigenvalue weighted by Crippen LogP contribution is 2.22. The smallest absolute Gasteiger partial charge is 0.341 e. The van der Waals surface area contributed by atoms with Crippen LogP contribution in [0.3, 0.4) is 0 Å². The molecule has 0 radical (unpaired) electrons. The summed E-state index contributed by atoms with van der Waals surface area (Å²) < 4.78 is 10.6. The molecule has 0 aliphatic rings. The number of carbonyl (C=O) groups excluding carboxylic acids is 1. The van der Waals surface area contributed by atoms with Crippen molar-refractivity contribution in [1.29, 1.82) is 0 Å². The molecule has 0 aromatic heterocycles. The van der Waals surface area contributed by atoms with E-state index >= 15 is 0 Å². The van der Waals surface area contributed by atoms with E-state index in [1.54, 1.807) is 25.1 Å². The summed E-state index contributed by atoms with van der Waals surface area (Å²) in [5.74, 6) is 0.147. The Hall–Kier alpha value is -1.71. The fraction of sp³-hybridized carbons (Fsp3) is 0.500. The van der Waals surface area contributed by atoms with Gasteiger partial charge in [0.2, 0.25) is 0 Å². The second-order valence-electron chi connectivity index (χ2n) is 4.03. The first-order chi connectivity index (χ1) is 8.69. The lowest BCUT2D eigenvalue weighted by atomic mass is 10.2. The van der Waals surface area contributed by atoms with E-state index in [9.17, 15) is 4.79 Å². The van der Waals surface area contributed by atoms with Gasteiger partial charge in [-0.25, -0.2) is 4.79 Å². The van der Waals surface area contributed by atoms with Gasteiger partial charge in [-0.1, -0.05) is 19.8 Å². The van der Waals surface area contributed by atoms with Crippen molar-refractivity contribution < 1.29 is 14.3 Å². The van der Waals surface area contributed by atoms with Gasteiger partial charge >= 0.3 is 5.97 Å². The standard InChI is InChI=1S/C14H21NO3/c1-3-5-6-9-18-13-8-7-11(15)10-12(13)14(16)17-4-2/h7-8,10H,3-6,9,15H2,1-2H3. The quantitative estimate of drug-likeness (QED) is 0.459. The maximum atomic E-state index is 11.7. The zero-order valence-electron chi connectivity index (χ0n) is 11.1. The molecule has 2 N–H and O–H groups in total. The molecule has 1 rings (SSSR count). The number of carbonyl (C=O) groups is 1. The zero-order valence-corrected chi connectivity index (χ0v) is 11.1. The minimum Gasteiger partial charge on any atom is -0.493 e. The highest BCUT2D eigenvalue weighted by molar-refractivity contribution is 5.93. The summed E-state index contributed by atoms with van der Waals surface area (Å²) in [5, 5.41) is 0. The van der Waals surface area contributed by atoms with E-state index in [0.717, 1.165) is 19.3 Å². The van der Waals surface area contributed by atoms with Gasteiger partial charge in [0.1, 0.15) is 11.3 Å². The summed E-state index contributed by atoms with van der Waals surface area (Å²) in [6.07, 6.45) is 3.22. The summed E-state index contributed by atoms with van der Waals surface area (Å²) in [5.41, 5.74) is 6.60. The number of nitrogens with two attached hydrogens (primary N) is 1. The number of ether oxygens (including phenoxy) is 2. The molecule has 4 heteroatoms. The molecule has 0 heterocycles. The molecular formula is C14H21NO3. The van der Waals surface area contributed by atoms with E-state index in [0.29, 0.717) is 30.2 Å². The maximum absolute atomic E-state index is 11.7. The monoisotopic (exact) mass is 251 g/mol. The number of anilines is 1. The third kappa shape index (κ3) is 4.28. The van der Waals surface area contributed by atoms with Gasteiger partial charge < -0.3 is 15.2 Å². The number of nitrogen functional groups attached to an aromatic ring is 1. The van der Waals surface area contributed by atoms with Crippen molar-refractivity contribution in [2.24, 2.45) is 0 Å². The van der Waals surface area contributed by atoms with Gasteiger partial charge in [0.05, 0.1) is 13.2 Å². The van der Waals surface area contributed by atoms with Crippen LogP contribution in [0.1, 0.15) is 43.5 Å². The summed E-state index contributed by atoms with van der Waals surface area (Å²) in [7, 11) is 0. The molecule has 0 spiro atoms. The van der Waals surface area contributed by atoms with Crippen LogP contribution in [-0.2, 0) is 4.74 Å². The zero-order chi connectivity index (χ0) is 13.4. The van der Waals surface area contributed by atoms with Crippen LogP contribution in [0.25, 0.3) is 0 Å². The second kappa shape index (κ2) is 7.58. The molecule has 18 heavy (non-hydrogen) atoms. The molecule has 0 saturated carbocycles. The summed E-state index contributed by atoms with van der Waals surface area (Å²) in [6, 6.07) is 5.03. The molecule has 0 bridgehead atoms. The maximum Gasteiger partial charge on any atom is 0.341 e. The van der Waals surface area contributed by atoms with E-state index in [4.69, 9.17) is 15.2 Å². The Balaban J connectivity index is 2.73. The molecule has 0 aliphatic carbocycles. The predicted molar refractivity (Wildman–Crippen MR) is 71.8 cm³/mol. The van der Waals surface area contributed by atoms with E-state index in [-0.39, 0.29) is 0 Å². The highest BCUT2D eigenvalue weighted by Gasteiger charge is 2.14. The van der Waals surface area contributed by atoms with Gasteiger partial charge in [-0.05, 0) is 31.5 Å². The number of rotatable bonds is 7. The highest BCUT2D eigenvalue weighted by atomic mass is 16.5. The summed E-state index contributed by atoms with van der Waals surface area (Å²) >= 11 is 0. The first-order valence-electron chi connectivity index (χ1n) is 6.38. The molecule has 0 atom stereocenters. The van der Waals surface area contributed by atoms with E-state index < -0.39 is 5.97 Å². The van der Waals surface area contributed by atoms with Crippen LogP contribution >= 0.6 is 0 Å². The number of hydrogen-bond donors (Lipinski definition) is 1. The molecule has 0 unspecified atom stereocenters. The number of unbranched alkanes of at least 4 members (excludes halogenated alkanes) is 2. The molecule has 100 valence electrons. The average molecular weight is 251 g/mol. The van der Waals surface area contributed by atoms with Gasteiger partial charge in [0.15, 0.2) is 0 Å². The summed E-state index contributed by atoms with van der Waals surface area (Å²) in [6.45, 7) is 4.84.